The van der Waals surface area contributed by atoms with Crippen LogP contribution in [0.1, 0.15) is 10.4 Å². The molecule has 0 atom stereocenters. The first-order chi connectivity index (χ1) is 13.5. The Hall–Kier alpha value is -3.80. The normalized spacial score (nSPS) is 10.3. The maximum absolute atomic E-state index is 12.1. The number of hydrogen-bond acceptors (Lipinski definition) is 8. The highest BCUT2D eigenvalue weighted by Gasteiger charge is 2.09. The minimum absolute atomic E-state index is 0.0211. The zero-order valence-electron chi connectivity index (χ0n) is 14.2. The molecule has 2 aromatic carbocycles. The second-order valence-corrected chi connectivity index (χ2v) is 6.39. The number of nitrogens with zero attached hydrogens (tertiary/aromatic N) is 5. The number of hydrazine groups is 1. The van der Waals surface area contributed by atoms with Crippen molar-refractivity contribution in [1.82, 2.24) is 31.1 Å². The van der Waals surface area contributed by atoms with Gasteiger partial charge in [-0.1, -0.05) is 0 Å². The lowest BCUT2D eigenvalue weighted by Gasteiger charge is -2.08. The Kier molecular flexibility index (Phi) is 5.91. The number of non-ortho nitro benzene ring substituents is 1. The second-order valence-electron chi connectivity index (χ2n) is 5.34. The molecule has 0 bridgehead atoms. The number of carbonyl (C=O) groups is 2. The molecule has 0 unspecified atom stereocenters. The van der Waals surface area contributed by atoms with Gasteiger partial charge in [0.25, 0.3) is 11.6 Å². The first-order valence-electron chi connectivity index (χ1n) is 7.83. The maximum atomic E-state index is 12.1. The van der Waals surface area contributed by atoms with Crippen molar-refractivity contribution in [2.45, 2.75) is 4.90 Å². The fourth-order valence-corrected chi connectivity index (χ4v) is 2.79. The molecule has 0 saturated carbocycles. The third kappa shape index (κ3) is 4.88. The quantitative estimate of drug-likeness (QED) is 0.356. The number of carbonyl (C=O) groups excluding carboxylic acids is 2. The van der Waals surface area contributed by atoms with Gasteiger partial charge in [0.05, 0.1) is 16.4 Å². The molecule has 11 nitrogen and oxygen atoms in total. The van der Waals surface area contributed by atoms with Crippen LogP contribution >= 0.6 is 11.8 Å². The second kappa shape index (κ2) is 8.73. The van der Waals surface area contributed by atoms with Gasteiger partial charge >= 0.3 is 0 Å². The Labute approximate surface area is 162 Å². The molecule has 142 valence electrons. The van der Waals surface area contributed by atoms with Gasteiger partial charge in [-0.25, -0.2) is 4.68 Å². The third-order valence-electron chi connectivity index (χ3n) is 3.48. The summed E-state index contributed by atoms with van der Waals surface area (Å²) in [6.45, 7) is 0. The van der Waals surface area contributed by atoms with Crippen molar-refractivity contribution in [3.8, 4) is 5.69 Å². The lowest BCUT2D eigenvalue weighted by atomic mass is 10.2. The molecule has 1 heterocycles. The predicted octanol–water partition coefficient (Wildman–Crippen LogP) is 1.12. The van der Waals surface area contributed by atoms with Crippen LogP contribution < -0.4 is 10.9 Å². The number of thioether (sulfide) groups is 1. The molecule has 0 spiro atoms. The highest BCUT2D eigenvalue weighted by atomic mass is 32.2. The largest absolute Gasteiger partial charge is 0.272 e. The Morgan fingerprint density at radius 2 is 1.79 bits per heavy atom. The van der Waals surface area contributed by atoms with Gasteiger partial charge in [-0.3, -0.25) is 30.6 Å². The zero-order chi connectivity index (χ0) is 19.9. The summed E-state index contributed by atoms with van der Waals surface area (Å²) in [7, 11) is 0. The van der Waals surface area contributed by atoms with E-state index in [0.29, 0.717) is 16.1 Å². The van der Waals surface area contributed by atoms with E-state index < -0.39 is 16.7 Å². The lowest BCUT2D eigenvalue weighted by Crippen LogP contribution is -2.42. The molecular formula is C16H13N7O4S. The molecule has 0 aliphatic carbocycles. The average Bonchev–Trinajstić information content (AvgIpc) is 3.25. The summed E-state index contributed by atoms with van der Waals surface area (Å²) in [4.78, 5) is 34.7. The van der Waals surface area contributed by atoms with E-state index in [1.54, 1.807) is 36.4 Å². The Morgan fingerprint density at radius 1 is 1.07 bits per heavy atom. The van der Waals surface area contributed by atoms with E-state index in [1.807, 2.05) is 0 Å². The molecule has 0 aliphatic rings. The minimum atomic E-state index is -0.494. The minimum Gasteiger partial charge on any atom is -0.272 e. The topological polar surface area (TPSA) is 145 Å². The van der Waals surface area contributed by atoms with Crippen LogP contribution in [0.15, 0.2) is 59.8 Å². The van der Waals surface area contributed by atoms with Crippen molar-refractivity contribution in [2.75, 3.05) is 5.75 Å². The van der Waals surface area contributed by atoms with E-state index in [2.05, 4.69) is 26.4 Å². The number of aromatic nitrogens is 4. The van der Waals surface area contributed by atoms with Crippen LogP contribution in [0.3, 0.4) is 0 Å². The summed E-state index contributed by atoms with van der Waals surface area (Å²) in [6, 6.07) is 12.3. The molecule has 3 aromatic rings. The van der Waals surface area contributed by atoms with E-state index in [0.717, 1.165) is 0 Å². The van der Waals surface area contributed by atoms with Gasteiger partial charge < -0.3 is 0 Å². The van der Waals surface area contributed by atoms with Gasteiger partial charge in [-0.15, -0.1) is 16.9 Å². The molecule has 3 rings (SSSR count). The van der Waals surface area contributed by atoms with Crippen LogP contribution in [-0.4, -0.2) is 42.7 Å². The van der Waals surface area contributed by atoms with Crippen LogP contribution in [0, 0.1) is 10.1 Å². The van der Waals surface area contributed by atoms with Gasteiger partial charge in [0, 0.05) is 22.6 Å². The monoisotopic (exact) mass is 399 g/mol. The SMILES string of the molecule is O=C(CSc1ccc([N+](=O)[O-])cc1)NNC(=O)c1ccc(-n2cnnn2)cc1. The highest BCUT2D eigenvalue weighted by molar-refractivity contribution is 8.00. The van der Waals surface area contributed by atoms with Gasteiger partial charge in [0.2, 0.25) is 5.91 Å². The van der Waals surface area contributed by atoms with Crippen LogP contribution in [0.2, 0.25) is 0 Å². The number of benzene rings is 2. The summed E-state index contributed by atoms with van der Waals surface area (Å²) >= 11 is 1.19. The van der Waals surface area contributed by atoms with E-state index >= 15 is 0 Å². The molecule has 0 fully saturated rings. The van der Waals surface area contributed by atoms with Crippen LogP contribution in [0.25, 0.3) is 5.69 Å². The van der Waals surface area contributed by atoms with Gasteiger partial charge in [0.15, 0.2) is 0 Å². The summed E-state index contributed by atoms with van der Waals surface area (Å²) in [5, 5.41) is 21.4. The maximum Gasteiger partial charge on any atom is 0.269 e. The molecule has 0 aliphatic heterocycles. The smallest absolute Gasteiger partial charge is 0.269 e. The van der Waals surface area contributed by atoms with Gasteiger partial charge in [-0.2, -0.15) is 0 Å². The Morgan fingerprint density at radius 3 is 2.39 bits per heavy atom. The van der Waals surface area contributed by atoms with E-state index in [9.17, 15) is 19.7 Å². The van der Waals surface area contributed by atoms with Crippen LogP contribution in [0.5, 0.6) is 0 Å². The fraction of sp³-hybridized carbons (Fsp3) is 0.0625. The van der Waals surface area contributed by atoms with Crippen molar-refractivity contribution >= 4 is 29.3 Å². The van der Waals surface area contributed by atoms with Crippen molar-refractivity contribution < 1.29 is 14.5 Å². The molecule has 12 heteroatoms. The molecule has 28 heavy (non-hydrogen) atoms. The molecule has 2 N–H and O–H groups in total. The van der Waals surface area contributed by atoms with Crippen molar-refractivity contribution in [3.63, 3.8) is 0 Å². The van der Waals surface area contributed by atoms with Gasteiger partial charge in [-0.05, 0) is 46.8 Å². The van der Waals surface area contributed by atoms with E-state index in [4.69, 9.17) is 0 Å². The standard InChI is InChI=1S/C16H13N7O4S/c24-15(9-28-14-7-5-13(6-8-14)23(26)27)18-19-16(25)11-1-3-12(4-2-11)22-10-17-20-21-22/h1-8,10H,9H2,(H,18,24)(H,19,25). The average molecular weight is 399 g/mol. The third-order valence-corrected chi connectivity index (χ3v) is 4.49. The van der Waals surface area contributed by atoms with Gasteiger partial charge in [0.1, 0.15) is 6.33 Å². The number of hydrogen-bond donors (Lipinski definition) is 2. The number of nitro groups is 1. The molecule has 2 amide bonds. The summed E-state index contributed by atoms with van der Waals surface area (Å²) in [5.74, 6) is -0.852. The lowest BCUT2D eigenvalue weighted by molar-refractivity contribution is -0.384. The summed E-state index contributed by atoms with van der Waals surface area (Å²) in [6.07, 6.45) is 1.43. The first-order valence-corrected chi connectivity index (χ1v) is 8.81. The van der Waals surface area contributed by atoms with Crippen molar-refractivity contribution in [2.24, 2.45) is 0 Å². The van der Waals surface area contributed by atoms with Crippen molar-refractivity contribution in [3.05, 3.63) is 70.5 Å². The van der Waals surface area contributed by atoms with E-state index in [-0.39, 0.29) is 11.4 Å². The predicted molar refractivity (Wildman–Crippen MR) is 98.6 cm³/mol. The van der Waals surface area contributed by atoms with Crippen LogP contribution in [-0.2, 0) is 4.79 Å². The summed E-state index contributed by atoms with van der Waals surface area (Å²) in [5.41, 5.74) is 5.65. The summed E-state index contributed by atoms with van der Waals surface area (Å²) < 4.78 is 1.44. The number of tetrazole rings is 1. The number of amides is 2. The fourth-order valence-electron chi connectivity index (χ4n) is 2.09. The number of nitro benzene ring substituents is 1. The highest BCUT2D eigenvalue weighted by Crippen LogP contribution is 2.20. The number of nitrogens with one attached hydrogen (secondary N) is 2. The number of rotatable bonds is 6. The Balaban J connectivity index is 1.46. The molecule has 1 aromatic heterocycles. The van der Waals surface area contributed by atoms with Crippen molar-refractivity contribution in [1.29, 1.82) is 0 Å². The van der Waals surface area contributed by atoms with Crippen LogP contribution in [0.4, 0.5) is 5.69 Å². The van der Waals surface area contributed by atoms with E-state index in [1.165, 1.54) is 34.9 Å². The first kappa shape index (κ1) is 19.0. The molecule has 0 radical (unpaired) electrons. The molecular weight excluding hydrogens is 386 g/mol. The molecule has 0 saturated heterocycles. The Bertz CT molecular complexity index is 975. The zero-order valence-corrected chi connectivity index (χ0v) is 15.0.